The maximum Gasteiger partial charge on any atom is 0.0725 e. The van der Waals surface area contributed by atoms with Crippen LogP contribution in [0.3, 0.4) is 0 Å². The Morgan fingerprint density at radius 2 is 0.337 bits per heavy atom. The summed E-state index contributed by atoms with van der Waals surface area (Å²) in [6.07, 6.45) is 0. The van der Waals surface area contributed by atoms with Gasteiger partial charge in [-0.2, -0.15) is 0 Å². The molecule has 0 aliphatic heterocycles. The van der Waals surface area contributed by atoms with E-state index in [1.807, 2.05) is 0 Å². The molecule has 382 valence electrons. The van der Waals surface area contributed by atoms with Crippen LogP contribution < -0.4 is 0 Å². The minimum absolute atomic E-state index is 0.432. The normalized spacial score (nSPS) is 14.8. The molecule has 0 amide bonds. The molecule has 0 radical (unpaired) electrons. The Hall–Kier alpha value is -10.4. The summed E-state index contributed by atoms with van der Waals surface area (Å²) in [5.41, 5.74) is 32.5. The van der Waals surface area contributed by atoms with Crippen LogP contribution in [0.5, 0.6) is 0 Å². The Morgan fingerprint density at radius 3 is 0.627 bits per heavy atom. The lowest BCUT2D eigenvalue weighted by Gasteiger charge is -2.36. The molecule has 0 heteroatoms. The van der Waals surface area contributed by atoms with Crippen molar-refractivity contribution < 1.29 is 0 Å². The summed E-state index contributed by atoms with van der Waals surface area (Å²) < 4.78 is 0. The number of hydrogen-bond donors (Lipinski definition) is 0. The fraction of sp³-hybridized carbons (Fsp3) is 0.0361. The van der Waals surface area contributed by atoms with Crippen molar-refractivity contribution in [1.29, 1.82) is 0 Å². The number of hydrogen-bond acceptors (Lipinski definition) is 0. The van der Waals surface area contributed by atoms with Gasteiger partial charge in [-0.15, -0.1) is 0 Å². The minimum Gasteiger partial charge on any atom is -0.0619 e. The van der Waals surface area contributed by atoms with Crippen LogP contribution in [0, 0.1) is 0 Å². The van der Waals surface area contributed by atoms with Crippen molar-refractivity contribution in [3.8, 4) is 77.9 Å². The third-order valence-corrected chi connectivity index (χ3v) is 20.2. The van der Waals surface area contributed by atoms with E-state index >= 15 is 0 Å². The highest BCUT2D eigenvalue weighted by atomic mass is 14.5. The molecule has 5 aliphatic rings. The molecule has 0 saturated carbocycles. The Bertz CT molecular complexity index is 4730. The van der Waals surface area contributed by atoms with Gasteiger partial charge >= 0.3 is 0 Å². The van der Waals surface area contributed by atoms with E-state index in [-0.39, 0.29) is 0 Å². The van der Waals surface area contributed by atoms with E-state index in [1.165, 1.54) is 166 Å². The molecular formula is C83H50. The van der Waals surface area contributed by atoms with Crippen molar-refractivity contribution in [3.05, 3.63) is 370 Å². The molecular weight excluding hydrogens is 997 g/mol. The van der Waals surface area contributed by atoms with Crippen LogP contribution in [0.25, 0.3) is 99.4 Å². The summed E-state index contributed by atoms with van der Waals surface area (Å²) in [4.78, 5) is 0. The Balaban J connectivity index is 0.836. The van der Waals surface area contributed by atoms with Crippen molar-refractivity contribution in [2.45, 2.75) is 16.2 Å². The first kappa shape index (κ1) is 45.3. The fourth-order valence-corrected chi connectivity index (χ4v) is 17.3. The molecule has 19 rings (SSSR count). The van der Waals surface area contributed by atoms with Gasteiger partial charge in [0.15, 0.2) is 0 Å². The quantitative estimate of drug-likeness (QED) is 0.165. The van der Waals surface area contributed by atoms with Gasteiger partial charge in [0.1, 0.15) is 0 Å². The topological polar surface area (TPSA) is 0 Å². The van der Waals surface area contributed by atoms with Gasteiger partial charge in [-0.1, -0.05) is 291 Å². The largest absolute Gasteiger partial charge is 0.0725 e. The number of rotatable bonds is 4. The van der Waals surface area contributed by atoms with E-state index in [4.69, 9.17) is 0 Å². The molecule has 0 fully saturated rings. The molecule has 14 aromatic rings. The lowest BCUT2D eigenvalue weighted by Crippen LogP contribution is -2.29. The Morgan fingerprint density at radius 1 is 0.133 bits per heavy atom. The average Bonchev–Trinajstić information content (AvgIpc) is 1.77. The van der Waals surface area contributed by atoms with Crippen LogP contribution in [0.1, 0.15) is 66.8 Å². The van der Waals surface area contributed by atoms with Crippen LogP contribution >= 0.6 is 0 Å². The van der Waals surface area contributed by atoms with E-state index in [2.05, 4.69) is 303 Å². The van der Waals surface area contributed by atoms with E-state index in [1.54, 1.807) is 0 Å². The van der Waals surface area contributed by atoms with E-state index in [9.17, 15) is 0 Å². The molecule has 0 nitrogen and oxygen atoms in total. The van der Waals surface area contributed by atoms with Gasteiger partial charge in [0.2, 0.25) is 0 Å². The molecule has 2 spiro atoms. The molecule has 0 aromatic heterocycles. The fourth-order valence-electron chi connectivity index (χ4n) is 17.3. The highest BCUT2D eigenvalue weighted by Crippen LogP contribution is 2.66. The molecule has 14 aromatic carbocycles. The number of benzene rings is 14. The van der Waals surface area contributed by atoms with E-state index in [0.29, 0.717) is 0 Å². The van der Waals surface area contributed by atoms with Crippen LogP contribution in [0.4, 0.5) is 0 Å². The highest BCUT2D eigenvalue weighted by Gasteiger charge is 2.54. The predicted octanol–water partition coefficient (Wildman–Crippen LogP) is 20.4. The second-order valence-electron chi connectivity index (χ2n) is 23.5. The molecule has 0 N–H and O–H groups in total. The van der Waals surface area contributed by atoms with Gasteiger partial charge in [-0.25, -0.2) is 0 Å². The average molecular weight is 1050 g/mol. The second kappa shape index (κ2) is 16.4. The van der Waals surface area contributed by atoms with Crippen molar-refractivity contribution >= 4 is 21.5 Å². The zero-order valence-electron chi connectivity index (χ0n) is 45.4. The third-order valence-electron chi connectivity index (χ3n) is 20.2. The first-order valence-corrected chi connectivity index (χ1v) is 29.3. The van der Waals surface area contributed by atoms with Crippen LogP contribution in [-0.2, 0) is 16.2 Å². The highest BCUT2D eigenvalue weighted by molar-refractivity contribution is 6.07. The van der Waals surface area contributed by atoms with Crippen molar-refractivity contribution in [2.24, 2.45) is 0 Å². The second-order valence-corrected chi connectivity index (χ2v) is 23.5. The summed E-state index contributed by atoms with van der Waals surface area (Å²) in [5, 5.41) is 4.99. The molecule has 0 bridgehead atoms. The third kappa shape index (κ3) is 5.48. The van der Waals surface area contributed by atoms with Crippen LogP contribution in [0.2, 0.25) is 0 Å². The monoisotopic (exact) mass is 1050 g/mol. The van der Waals surface area contributed by atoms with Gasteiger partial charge in [-0.05, 0) is 178 Å². The van der Waals surface area contributed by atoms with Gasteiger partial charge in [0, 0.05) is 0 Å². The molecule has 0 atom stereocenters. The first-order valence-electron chi connectivity index (χ1n) is 29.3. The van der Waals surface area contributed by atoms with Gasteiger partial charge < -0.3 is 0 Å². The van der Waals surface area contributed by atoms with Crippen molar-refractivity contribution in [1.82, 2.24) is 0 Å². The van der Waals surface area contributed by atoms with Crippen molar-refractivity contribution in [2.75, 3.05) is 0 Å². The Kier molecular flexibility index (Phi) is 8.95. The first-order chi connectivity index (χ1) is 41.2. The Labute approximate surface area is 482 Å². The molecule has 83 heavy (non-hydrogen) atoms. The number of fused-ring (bicyclic) bond motifs is 25. The molecule has 5 aliphatic carbocycles. The van der Waals surface area contributed by atoms with E-state index < -0.39 is 16.2 Å². The zero-order valence-corrected chi connectivity index (χ0v) is 45.4. The minimum atomic E-state index is -0.675. The molecule has 0 heterocycles. The summed E-state index contributed by atoms with van der Waals surface area (Å²) in [6, 6.07) is 116. The maximum atomic E-state index is 2.54. The maximum absolute atomic E-state index is 2.54. The van der Waals surface area contributed by atoms with Crippen molar-refractivity contribution in [3.63, 3.8) is 0 Å². The lowest BCUT2D eigenvalue weighted by atomic mass is 9.65. The van der Waals surface area contributed by atoms with Gasteiger partial charge in [0.05, 0.1) is 16.2 Å². The summed E-state index contributed by atoms with van der Waals surface area (Å²) in [6.45, 7) is 0. The summed E-state index contributed by atoms with van der Waals surface area (Å²) in [5.74, 6) is 0. The van der Waals surface area contributed by atoms with Gasteiger partial charge in [-0.3, -0.25) is 0 Å². The predicted molar refractivity (Wildman–Crippen MR) is 342 cm³/mol. The standard InChI is InChI=1S/C83H50/c1-9-35-69-59(21-1)60-22-2-10-36-70(60)81(69,77-43-19-31-55-53(29-17-33-57(55)77)51-45-47-67-65-27-7-15-41-75(65)82(79(67)49-51)71-37-11-3-23-61(71)62-24-4-12-38-72(62)82)78-44-20-32-56-54(30-18-34-58(56)78)52-46-48-68-66-28-8-16-42-76(66)83(80(68)50-52)73-39-13-5-25-63(73)64-26-6-14-40-74(64)83/h1-50H. The molecule has 0 saturated heterocycles. The summed E-state index contributed by atoms with van der Waals surface area (Å²) >= 11 is 0. The SMILES string of the molecule is c1ccc2c(c1)-c1ccccc1C21c2ccccc2-c2ccc(-c3cccc4c(C5(c6cccc7c(-c8ccc9c(c8)C8(c%10ccccc%10-c%10ccccc%108)c8ccccc8-9)cccc67)c6ccccc6-c6ccccc65)cccc34)cc21. The van der Waals surface area contributed by atoms with Gasteiger partial charge in [0.25, 0.3) is 0 Å². The summed E-state index contributed by atoms with van der Waals surface area (Å²) in [7, 11) is 0. The lowest BCUT2D eigenvalue weighted by molar-refractivity contribution is 0.784. The van der Waals surface area contributed by atoms with E-state index in [0.717, 1.165) is 0 Å². The smallest absolute Gasteiger partial charge is 0.0619 e. The zero-order chi connectivity index (χ0) is 54.2. The van der Waals surface area contributed by atoms with Crippen LogP contribution in [0.15, 0.2) is 303 Å². The van der Waals surface area contributed by atoms with Crippen LogP contribution in [-0.4, -0.2) is 0 Å². The molecule has 0 unspecified atom stereocenters.